The van der Waals surface area contributed by atoms with E-state index in [1.807, 2.05) is 4.90 Å². The maximum Gasteiger partial charge on any atom is 0.226 e. The van der Waals surface area contributed by atoms with Crippen molar-refractivity contribution >= 4 is 29.7 Å². The Kier molecular flexibility index (Phi) is 6.49. The van der Waals surface area contributed by atoms with Gasteiger partial charge in [0.05, 0.1) is 6.54 Å². The zero-order valence-corrected chi connectivity index (χ0v) is 14.1. The molecule has 0 saturated heterocycles. The zero-order chi connectivity index (χ0) is 14.0. The molecule has 1 aromatic heterocycles. The normalized spacial score (nSPS) is 21.9. The molecule has 0 spiro atoms. The average molecular weight is 317 g/mol. The molecule has 2 rings (SSSR count). The Bertz CT molecular complexity index is 447. The molecule has 2 atom stereocenters. The smallest absolute Gasteiger partial charge is 0.226 e. The van der Waals surface area contributed by atoms with E-state index in [0.717, 1.165) is 25.8 Å². The van der Waals surface area contributed by atoms with Gasteiger partial charge in [0.1, 0.15) is 0 Å². The molecule has 1 aromatic rings. The predicted octanol–water partition coefficient (Wildman–Crippen LogP) is 3.34. The van der Waals surface area contributed by atoms with Gasteiger partial charge in [-0.15, -0.1) is 23.7 Å². The summed E-state index contributed by atoms with van der Waals surface area (Å²) in [5, 5.41) is 0. The number of nitrogens with zero attached hydrogens (tertiary/aromatic N) is 1. The first kappa shape index (κ1) is 17.5. The average Bonchev–Trinajstić information content (AvgIpc) is 2.94. The fourth-order valence-electron chi connectivity index (χ4n) is 2.73. The van der Waals surface area contributed by atoms with Crippen LogP contribution in [0.2, 0.25) is 0 Å². The summed E-state index contributed by atoms with van der Waals surface area (Å²) in [6.07, 6.45) is 2.79. The molecule has 1 heterocycles. The molecule has 3 nitrogen and oxygen atoms in total. The number of nitrogens with two attached hydrogens (primary N) is 1. The van der Waals surface area contributed by atoms with E-state index in [9.17, 15) is 4.79 Å². The third-order valence-corrected chi connectivity index (χ3v) is 4.84. The van der Waals surface area contributed by atoms with Gasteiger partial charge in [-0.1, -0.05) is 0 Å². The van der Waals surface area contributed by atoms with Gasteiger partial charge in [0.15, 0.2) is 0 Å². The van der Waals surface area contributed by atoms with Gasteiger partial charge in [0, 0.05) is 27.8 Å². The third-order valence-electron chi connectivity index (χ3n) is 3.85. The lowest BCUT2D eigenvalue weighted by Gasteiger charge is -2.29. The SMILES string of the molecule is Cc1ccc(CN(C(=O)C2CCC(N)C2)C(C)C)s1.Cl. The van der Waals surface area contributed by atoms with Gasteiger partial charge >= 0.3 is 0 Å². The lowest BCUT2D eigenvalue weighted by Crippen LogP contribution is -2.40. The van der Waals surface area contributed by atoms with Crippen LogP contribution in [0.4, 0.5) is 0 Å². The Hall–Kier alpha value is -0.580. The third kappa shape index (κ3) is 4.21. The van der Waals surface area contributed by atoms with E-state index >= 15 is 0 Å². The Balaban J connectivity index is 0.00000200. The quantitative estimate of drug-likeness (QED) is 0.926. The highest BCUT2D eigenvalue weighted by Crippen LogP contribution is 2.28. The van der Waals surface area contributed by atoms with E-state index in [0.29, 0.717) is 0 Å². The van der Waals surface area contributed by atoms with Gasteiger partial charge < -0.3 is 10.6 Å². The summed E-state index contributed by atoms with van der Waals surface area (Å²) in [6, 6.07) is 4.70. The van der Waals surface area contributed by atoms with E-state index in [4.69, 9.17) is 5.73 Å². The number of rotatable bonds is 4. The van der Waals surface area contributed by atoms with Crippen LogP contribution in [0.15, 0.2) is 12.1 Å². The fraction of sp³-hybridized carbons (Fsp3) is 0.667. The standard InChI is InChI=1S/C15H24N2OS.ClH/c1-10(2)17(9-14-7-4-11(3)19-14)15(18)12-5-6-13(16)8-12;/h4,7,10,12-13H,5-6,8-9,16H2,1-3H3;1H. The number of carbonyl (C=O) groups is 1. The van der Waals surface area contributed by atoms with Gasteiger partial charge in [-0.3, -0.25) is 4.79 Å². The molecule has 20 heavy (non-hydrogen) atoms. The molecule has 1 aliphatic carbocycles. The molecule has 1 saturated carbocycles. The Morgan fingerprint density at radius 3 is 2.60 bits per heavy atom. The minimum absolute atomic E-state index is 0. The maximum atomic E-state index is 12.6. The highest BCUT2D eigenvalue weighted by Gasteiger charge is 2.32. The van der Waals surface area contributed by atoms with E-state index in [1.54, 1.807) is 11.3 Å². The number of thiophene rings is 1. The first-order chi connectivity index (χ1) is 8.97. The molecular weight excluding hydrogens is 292 g/mol. The van der Waals surface area contributed by atoms with E-state index < -0.39 is 0 Å². The van der Waals surface area contributed by atoms with Gasteiger partial charge in [-0.25, -0.2) is 0 Å². The van der Waals surface area contributed by atoms with Crippen LogP contribution in [0.1, 0.15) is 42.9 Å². The van der Waals surface area contributed by atoms with E-state index in [-0.39, 0.29) is 36.3 Å². The molecule has 2 N–H and O–H groups in total. The number of halogens is 1. The molecular formula is C15H25ClN2OS. The van der Waals surface area contributed by atoms with Gasteiger partial charge in [-0.05, 0) is 52.2 Å². The highest BCUT2D eigenvalue weighted by atomic mass is 35.5. The van der Waals surface area contributed by atoms with Crippen LogP contribution < -0.4 is 5.73 Å². The van der Waals surface area contributed by atoms with Crippen LogP contribution in [-0.4, -0.2) is 22.9 Å². The highest BCUT2D eigenvalue weighted by molar-refractivity contribution is 7.11. The van der Waals surface area contributed by atoms with Crippen LogP contribution in [0.3, 0.4) is 0 Å². The molecule has 1 fully saturated rings. The summed E-state index contributed by atoms with van der Waals surface area (Å²) in [7, 11) is 0. The van der Waals surface area contributed by atoms with Crippen LogP contribution in [0.5, 0.6) is 0 Å². The summed E-state index contributed by atoms with van der Waals surface area (Å²) in [4.78, 5) is 17.2. The zero-order valence-electron chi connectivity index (χ0n) is 12.5. The number of hydrogen-bond acceptors (Lipinski definition) is 3. The lowest BCUT2D eigenvalue weighted by atomic mass is 10.1. The van der Waals surface area contributed by atoms with Crippen molar-refractivity contribution in [2.24, 2.45) is 11.7 Å². The Morgan fingerprint density at radius 2 is 2.15 bits per heavy atom. The van der Waals surface area contributed by atoms with Crippen molar-refractivity contribution in [1.82, 2.24) is 4.90 Å². The van der Waals surface area contributed by atoms with Gasteiger partial charge in [0.25, 0.3) is 0 Å². The Labute approximate surface area is 131 Å². The molecule has 0 bridgehead atoms. The number of hydrogen-bond donors (Lipinski definition) is 1. The number of amides is 1. The largest absolute Gasteiger partial charge is 0.335 e. The molecule has 0 aliphatic heterocycles. The molecule has 0 radical (unpaired) electrons. The number of carbonyl (C=O) groups excluding carboxylic acids is 1. The lowest BCUT2D eigenvalue weighted by molar-refractivity contribution is -0.137. The van der Waals surface area contributed by atoms with Crippen LogP contribution >= 0.6 is 23.7 Å². The minimum Gasteiger partial charge on any atom is -0.335 e. The first-order valence-corrected chi connectivity index (χ1v) is 7.90. The van der Waals surface area contributed by atoms with Crippen molar-refractivity contribution in [2.75, 3.05) is 0 Å². The van der Waals surface area contributed by atoms with E-state index in [1.165, 1.54) is 9.75 Å². The first-order valence-electron chi connectivity index (χ1n) is 7.08. The number of aryl methyl sites for hydroxylation is 1. The molecule has 114 valence electrons. The maximum absolute atomic E-state index is 12.6. The van der Waals surface area contributed by atoms with Crippen molar-refractivity contribution in [3.8, 4) is 0 Å². The van der Waals surface area contributed by atoms with Crippen LogP contribution in [0.25, 0.3) is 0 Å². The second-order valence-electron chi connectivity index (χ2n) is 5.84. The summed E-state index contributed by atoms with van der Waals surface area (Å²) in [5.41, 5.74) is 5.93. The fourth-order valence-corrected chi connectivity index (χ4v) is 3.62. The molecule has 5 heteroatoms. The van der Waals surface area contributed by atoms with Crippen molar-refractivity contribution in [3.63, 3.8) is 0 Å². The minimum atomic E-state index is 0. The topological polar surface area (TPSA) is 46.3 Å². The van der Waals surface area contributed by atoms with Gasteiger partial charge in [0.2, 0.25) is 5.91 Å². The summed E-state index contributed by atoms with van der Waals surface area (Å²) < 4.78 is 0. The summed E-state index contributed by atoms with van der Waals surface area (Å²) in [6.45, 7) is 7.02. The summed E-state index contributed by atoms with van der Waals surface area (Å²) in [5.74, 6) is 0.424. The molecule has 0 aromatic carbocycles. The van der Waals surface area contributed by atoms with Gasteiger partial charge in [-0.2, -0.15) is 0 Å². The van der Waals surface area contributed by atoms with Crippen molar-refractivity contribution in [1.29, 1.82) is 0 Å². The Morgan fingerprint density at radius 1 is 1.45 bits per heavy atom. The second-order valence-corrected chi connectivity index (χ2v) is 7.21. The van der Waals surface area contributed by atoms with Crippen LogP contribution in [0, 0.1) is 12.8 Å². The monoisotopic (exact) mass is 316 g/mol. The molecule has 2 unspecified atom stereocenters. The summed E-state index contributed by atoms with van der Waals surface area (Å²) >= 11 is 1.78. The van der Waals surface area contributed by atoms with Crippen molar-refractivity contribution in [3.05, 3.63) is 21.9 Å². The molecule has 1 aliphatic rings. The van der Waals surface area contributed by atoms with Crippen molar-refractivity contribution in [2.45, 2.75) is 58.7 Å². The molecule has 1 amide bonds. The van der Waals surface area contributed by atoms with E-state index in [2.05, 4.69) is 32.9 Å². The van der Waals surface area contributed by atoms with Crippen molar-refractivity contribution < 1.29 is 4.79 Å². The van der Waals surface area contributed by atoms with Crippen LogP contribution in [-0.2, 0) is 11.3 Å². The second kappa shape index (κ2) is 7.43. The predicted molar refractivity (Wildman–Crippen MR) is 87.3 cm³/mol.